The number of ether oxygens (including phenoxy) is 1. The Kier molecular flexibility index (Phi) is 3.82. The van der Waals surface area contributed by atoms with Crippen LogP contribution in [0.25, 0.3) is 0 Å². The van der Waals surface area contributed by atoms with Gasteiger partial charge in [-0.25, -0.2) is 4.98 Å². The van der Waals surface area contributed by atoms with E-state index in [1.807, 2.05) is 18.2 Å². The van der Waals surface area contributed by atoms with Crippen molar-refractivity contribution in [3.05, 3.63) is 58.4 Å². The number of nitriles is 1. The number of aryl methyl sites for hydroxylation is 2. The van der Waals surface area contributed by atoms with Gasteiger partial charge < -0.3 is 4.74 Å². The van der Waals surface area contributed by atoms with Gasteiger partial charge in [0.15, 0.2) is 0 Å². The molecule has 3 heteroatoms. The molecule has 0 bridgehead atoms. The molecular weight excluding hydrogens is 236 g/mol. The SMILES string of the molecule is Cc1cc(C)c(C)c(OCc2ccnc(C#N)c2)c1. The second-order valence-corrected chi connectivity index (χ2v) is 4.65. The average Bonchev–Trinajstić information content (AvgIpc) is 2.41. The predicted octanol–water partition coefficient (Wildman–Crippen LogP) is 3.46. The number of hydrogen-bond acceptors (Lipinski definition) is 3. The van der Waals surface area contributed by atoms with Crippen LogP contribution in [0.3, 0.4) is 0 Å². The van der Waals surface area contributed by atoms with Crippen molar-refractivity contribution >= 4 is 0 Å². The summed E-state index contributed by atoms with van der Waals surface area (Å²) >= 11 is 0. The van der Waals surface area contributed by atoms with Crippen LogP contribution in [0, 0.1) is 32.1 Å². The maximum Gasteiger partial charge on any atom is 0.140 e. The van der Waals surface area contributed by atoms with Gasteiger partial charge >= 0.3 is 0 Å². The van der Waals surface area contributed by atoms with Crippen LogP contribution in [0.2, 0.25) is 0 Å². The van der Waals surface area contributed by atoms with Gasteiger partial charge in [-0.2, -0.15) is 5.26 Å². The van der Waals surface area contributed by atoms with Crippen LogP contribution >= 0.6 is 0 Å². The Bertz CT molecular complexity index is 642. The molecule has 0 aliphatic rings. The lowest BCUT2D eigenvalue weighted by Crippen LogP contribution is -1.99. The van der Waals surface area contributed by atoms with Gasteiger partial charge in [-0.1, -0.05) is 6.07 Å². The van der Waals surface area contributed by atoms with Crippen LogP contribution in [0.5, 0.6) is 5.75 Å². The first-order valence-electron chi connectivity index (χ1n) is 6.16. The van der Waals surface area contributed by atoms with Crippen molar-refractivity contribution in [1.29, 1.82) is 5.26 Å². The van der Waals surface area contributed by atoms with Gasteiger partial charge in [-0.05, 0) is 61.2 Å². The van der Waals surface area contributed by atoms with Crippen molar-refractivity contribution < 1.29 is 4.74 Å². The van der Waals surface area contributed by atoms with E-state index in [-0.39, 0.29) is 0 Å². The van der Waals surface area contributed by atoms with E-state index < -0.39 is 0 Å². The van der Waals surface area contributed by atoms with Gasteiger partial charge in [0.1, 0.15) is 24.1 Å². The Hall–Kier alpha value is -2.34. The fraction of sp³-hybridized carbons (Fsp3) is 0.250. The van der Waals surface area contributed by atoms with E-state index in [1.165, 1.54) is 11.1 Å². The normalized spacial score (nSPS) is 10.0. The Morgan fingerprint density at radius 3 is 2.74 bits per heavy atom. The van der Waals surface area contributed by atoms with E-state index in [4.69, 9.17) is 10.00 Å². The van der Waals surface area contributed by atoms with Crippen LogP contribution in [0.15, 0.2) is 30.5 Å². The van der Waals surface area contributed by atoms with Crippen LogP contribution in [-0.2, 0) is 6.61 Å². The highest BCUT2D eigenvalue weighted by molar-refractivity contribution is 5.42. The lowest BCUT2D eigenvalue weighted by atomic mass is 10.1. The lowest BCUT2D eigenvalue weighted by molar-refractivity contribution is 0.303. The second kappa shape index (κ2) is 5.53. The minimum atomic E-state index is 0.415. The first kappa shape index (κ1) is 13.1. The lowest BCUT2D eigenvalue weighted by Gasteiger charge is -2.12. The molecule has 0 aliphatic carbocycles. The summed E-state index contributed by atoms with van der Waals surface area (Å²) in [5.74, 6) is 0.896. The highest BCUT2D eigenvalue weighted by Crippen LogP contribution is 2.24. The van der Waals surface area contributed by atoms with Gasteiger partial charge in [0.2, 0.25) is 0 Å². The van der Waals surface area contributed by atoms with E-state index in [2.05, 4.69) is 31.8 Å². The number of benzene rings is 1. The Morgan fingerprint density at radius 2 is 2.00 bits per heavy atom. The zero-order valence-electron chi connectivity index (χ0n) is 11.4. The molecule has 0 amide bonds. The van der Waals surface area contributed by atoms with Crippen LogP contribution in [0.1, 0.15) is 27.9 Å². The van der Waals surface area contributed by atoms with Gasteiger partial charge in [0.05, 0.1) is 0 Å². The van der Waals surface area contributed by atoms with Gasteiger partial charge in [-0.15, -0.1) is 0 Å². The quantitative estimate of drug-likeness (QED) is 0.840. The monoisotopic (exact) mass is 252 g/mol. The van der Waals surface area contributed by atoms with Crippen molar-refractivity contribution in [3.8, 4) is 11.8 Å². The molecule has 2 rings (SSSR count). The van der Waals surface area contributed by atoms with Crippen molar-refractivity contribution in [2.45, 2.75) is 27.4 Å². The molecule has 0 radical (unpaired) electrons. The van der Waals surface area contributed by atoms with Crippen molar-refractivity contribution in [2.75, 3.05) is 0 Å². The fourth-order valence-corrected chi connectivity index (χ4v) is 1.94. The van der Waals surface area contributed by atoms with Crippen molar-refractivity contribution in [1.82, 2.24) is 4.98 Å². The highest BCUT2D eigenvalue weighted by atomic mass is 16.5. The van der Waals surface area contributed by atoms with Gasteiger partial charge in [0, 0.05) is 6.20 Å². The third-order valence-corrected chi connectivity index (χ3v) is 3.10. The zero-order valence-corrected chi connectivity index (χ0v) is 11.4. The zero-order chi connectivity index (χ0) is 13.8. The summed E-state index contributed by atoms with van der Waals surface area (Å²) in [6, 6.07) is 9.81. The molecule has 0 unspecified atom stereocenters. The average molecular weight is 252 g/mol. The standard InChI is InChI=1S/C16H16N2O/c1-11-6-12(2)13(3)16(7-11)19-10-14-4-5-18-15(8-14)9-17/h4-8H,10H2,1-3H3. The number of hydrogen-bond donors (Lipinski definition) is 0. The largest absolute Gasteiger partial charge is 0.489 e. The fourth-order valence-electron chi connectivity index (χ4n) is 1.94. The Morgan fingerprint density at radius 1 is 1.21 bits per heavy atom. The van der Waals surface area contributed by atoms with Crippen LogP contribution < -0.4 is 4.74 Å². The minimum absolute atomic E-state index is 0.415. The van der Waals surface area contributed by atoms with Crippen molar-refractivity contribution in [3.63, 3.8) is 0 Å². The van der Waals surface area contributed by atoms with Crippen LogP contribution in [-0.4, -0.2) is 4.98 Å². The molecule has 0 spiro atoms. The molecule has 0 N–H and O–H groups in total. The molecule has 0 aliphatic heterocycles. The number of rotatable bonds is 3. The third-order valence-electron chi connectivity index (χ3n) is 3.10. The minimum Gasteiger partial charge on any atom is -0.489 e. The third kappa shape index (κ3) is 3.11. The Labute approximate surface area is 113 Å². The molecule has 0 saturated carbocycles. The Balaban J connectivity index is 2.17. The van der Waals surface area contributed by atoms with Crippen molar-refractivity contribution in [2.24, 2.45) is 0 Å². The summed E-state index contributed by atoms with van der Waals surface area (Å²) in [6.45, 7) is 6.63. The topological polar surface area (TPSA) is 45.9 Å². The molecule has 1 aromatic heterocycles. The summed E-state index contributed by atoms with van der Waals surface area (Å²) in [5.41, 5.74) is 4.93. The molecule has 1 heterocycles. The van der Waals surface area contributed by atoms with E-state index in [0.29, 0.717) is 12.3 Å². The number of aromatic nitrogens is 1. The van der Waals surface area contributed by atoms with Gasteiger partial charge in [0.25, 0.3) is 0 Å². The second-order valence-electron chi connectivity index (χ2n) is 4.65. The molecule has 0 saturated heterocycles. The summed E-state index contributed by atoms with van der Waals surface area (Å²) in [5, 5.41) is 8.81. The molecule has 19 heavy (non-hydrogen) atoms. The predicted molar refractivity (Wildman–Crippen MR) is 73.9 cm³/mol. The summed E-state index contributed by atoms with van der Waals surface area (Å²) in [6.07, 6.45) is 1.63. The summed E-state index contributed by atoms with van der Waals surface area (Å²) < 4.78 is 5.85. The number of nitrogens with zero attached hydrogens (tertiary/aromatic N) is 2. The molecule has 0 atom stereocenters. The molecule has 2 aromatic rings. The van der Waals surface area contributed by atoms with Crippen LogP contribution in [0.4, 0.5) is 0 Å². The van der Waals surface area contributed by atoms with E-state index in [1.54, 1.807) is 12.3 Å². The van der Waals surface area contributed by atoms with E-state index in [9.17, 15) is 0 Å². The molecule has 96 valence electrons. The van der Waals surface area contributed by atoms with E-state index in [0.717, 1.165) is 16.9 Å². The first-order valence-corrected chi connectivity index (χ1v) is 6.16. The molecule has 1 aromatic carbocycles. The van der Waals surface area contributed by atoms with Gasteiger partial charge in [-0.3, -0.25) is 0 Å². The smallest absolute Gasteiger partial charge is 0.140 e. The maximum absolute atomic E-state index is 8.81. The highest BCUT2D eigenvalue weighted by Gasteiger charge is 2.05. The summed E-state index contributed by atoms with van der Waals surface area (Å²) in [7, 11) is 0. The summed E-state index contributed by atoms with van der Waals surface area (Å²) in [4.78, 5) is 3.94. The van der Waals surface area contributed by atoms with E-state index >= 15 is 0 Å². The molecule has 3 nitrogen and oxygen atoms in total. The maximum atomic E-state index is 8.81. The number of pyridine rings is 1. The molecule has 0 fully saturated rings. The first-order chi connectivity index (χ1) is 9.10. The molecular formula is C16H16N2O.